The number of carbonyl (C=O) groups is 3. The van der Waals surface area contributed by atoms with Gasteiger partial charge in [0, 0.05) is 12.6 Å². The largest absolute Gasteiger partial charge is 0.363 e. The Morgan fingerprint density at radius 2 is 1.89 bits per heavy atom. The first-order valence-corrected chi connectivity index (χ1v) is 8.48. The van der Waals surface area contributed by atoms with Gasteiger partial charge in [-0.05, 0) is 24.6 Å². The Morgan fingerprint density at radius 3 is 2.54 bits per heavy atom. The summed E-state index contributed by atoms with van der Waals surface area (Å²) >= 11 is 0. The van der Waals surface area contributed by atoms with Crippen LogP contribution in [0.1, 0.15) is 21.9 Å². The lowest BCUT2D eigenvalue weighted by molar-refractivity contribution is -0.137. The highest BCUT2D eigenvalue weighted by molar-refractivity contribution is 6.38. The highest BCUT2D eigenvalue weighted by Gasteiger charge is 2.27. The Labute approximate surface area is 160 Å². The first-order valence-electron chi connectivity index (χ1n) is 8.48. The number of rotatable bonds is 7. The van der Waals surface area contributed by atoms with Crippen molar-refractivity contribution in [2.75, 3.05) is 0 Å². The summed E-state index contributed by atoms with van der Waals surface area (Å²) in [6, 6.07) is 11.3. The first-order chi connectivity index (χ1) is 13.5. The molecular formula is C19H18N6O3. The Hall–Kier alpha value is -3.88. The molecule has 3 rings (SSSR count). The summed E-state index contributed by atoms with van der Waals surface area (Å²) in [5.74, 6) is -1.64. The van der Waals surface area contributed by atoms with E-state index in [-0.39, 0.29) is 12.1 Å². The zero-order chi connectivity index (χ0) is 20.1. The minimum Gasteiger partial charge on any atom is -0.363 e. The molecule has 3 N–H and O–H groups in total. The highest BCUT2D eigenvalue weighted by atomic mass is 16.2. The molecule has 2 heterocycles. The van der Waals surface area contributed by atoms with Gasteiger partial charge in [-0.15, -0.1) is 5.10 Å². The molecule has 142 valence electrons. The minimum absolute atomic E-state index is 0.132. The van der Waals surface area contributed by atoms with E-state index in [4.69, 9.17) is 5.73 Å². The van der Waals surface area contributed by atoms with Gasteiger partial charge in [-0.1, -0.05) is 30.3 Å². The number of primary amides is 1. The normalized spacial score (nSPS) is 11.6. The van der Waals surface area contributed by atoms with Crippen molar-refractivity contribution in [1.82, 2.24) is 25.1 Å². The van der Waals surface area contributed by atoms with Crippen molar-refractivity contribution in [2.24, 2.45) is 5.73 Å². The lowest BCUT2D eigenvalue weighted by Gasteiger charge is -2.17. The number of hydrogen-bond acceptors (Lipinski definition) is 6. The SMILES string of the molecule is Cc1ncc(C(=O)NC(Cc2ccccc2)C(=O)C(N)=O)n1-c1cccnn1. The summed E-state index contributed by atoms with van der Waals surface area (Å²) in [5.41, 5.74) is 6.09. The summed E-state index contributed by atoms with van der Waals surface area (Å²) < 4.78 is 1.51. The summed E-state index contributed by atoms with van der Waals surface area (Å²) in [6.45, 7) is 1.71. The number of ketones is 1. The van der Waals surface area contributed by atoms with Gasteiger partial charge in [0.2, 0.25) is 5.78 Å². The molecule has 0 saturated carbocycles. The van der Waals surface area contributed by atoms with Gasteiger partial charge in [0.15, 0.2) is 5.82 Å². The van der Waals surface area contributed by atoms with Crippen LogP contribution in [0.4, 0.5) is 0 Å². The second-order valence-corrected chi connectivity index (χ2v) is 6.05. The second-order valence-electron chi connectivity index (χ2n) is 6.05. The number of nitrogens with two attached hydrogens (primary N) is 1. The van der Waals surface area contributed by atoms with Crippen LogP contribution >= 0.6 is 0 Å². The molecule has 1 aromatic carbocycles. The molecule has 3 aromatic rings. The average Bonchev–Trinajstić information content (AvgIpc) is 3.09. The molecule has 9 nitrogen and oxygen atoms in total. The number of nitrogens with one attached hydrogen (secondary N) is 1. The summed E-state index contributed by atoms with van der Waals surface area (Å²) in [7, 11) is 0. The van der Waals surface area contributed by atoms with Crippen LogP contribution in [0.2, 0.25) is 0 Å². The smallest absolute Gasteiger partial charge is 0.287 e. The van der Waals surface area contributed by atoms with Crippen molar-refractivity contribution in [1.29, 1.82) is 0 Å². The first kappa shape index (κ1) is 18.9. The predicted octanol–water partition coefficient (Wildman–Crippen LogP) is 0.366. The maximum absolute atomic E-state index is 12.9. The predicted molar refractivity (Wildman–Crippen MR) is 99.5 cm³/mol. The molecule has 1 unspecified atom stereocenters. The number of benzene rings is 1. The molecule has 0 bridgehead atoms. The van der Waals surface area contributed by atoms with Crippen molar-refractivity contribution >= 4 is 17.6 Å². The summed E-state index contributed by atoms with van der Waals surface area (Å²) in [4.78, 5) is 40.7. The third kappa shape index (κ3) is 4.09. The van der Waals surface area contributed by atoms with Gasteiger partial charge in [-0.3, -0.25) is 19.0 Å². The third-order valence-corrected chi connectivity index (χ3v) is 4.11. The zero-order valence-electron chi connectivity index (χ0n) is 15.1. The Balaban J connectivity index is 1.89. The van der Waals surface area contributed by atoms with E-state index in [0.29, 0.717) is 11.6 Å². The molecule has 2 aromatic heterocycles. The van der Waals surface area contributed by atoms with E-state index >= 15 is 0 Å². The van der Waals surface area contributed by atoms with E-state index in [1.807, 2.05) is 6.07 Å². The molecule has 0 aliphatic carbocycles. The average molecular weight is 378 g/mol. The van der Waals surface area contributed by atoms with Gasteiger partial charge in [0.05, 0.1) is 6.20 Å². The molecular weight excluding hydrogens is 360 g/mol. The van der Waals surface area contributed by atoms with E-state index in [1.54, 1.807) is 43.3 Å². The van der Waals surface area contributed by atoms with Gasteiger partial charge in [-0.2, -0.15) is 5.10 Å². The van der Waals surface area contributed by atoms with Crippen LogP contribution in [0, 0.1) is 6.92 Å². The molecule has 9 heteroatoms. The standard InChI is InChI=1S/C19H18N6O3/c1-12-21-11-15(25(12)16-8-5-9-22-24-16)19(28)23-14(17(26)18(20)27)10-13-6-3-2-4-7-13/h2-9,11,14H,10H2,1H3,(H2,20,27)(H,23,28). The number of Topliss-reactive ketones (excluding diaryl/α,β-unsaturated/α-hetero) is 1. The highest BCUT2D eigenvalue weighted by Crippen LogP contribution is 2.13. The molecule has 0 saturated heterocycles. The fourth-order valence-electron chi connectivity index (χ4n) is 2.77. The molecule has 28 heavy (non-hydrogen) atoms. The fraction of sp³-hybridized carbons (Fsp3) is 0.158. The number of aryl methyl sites for hydroxylation is 1. The fourth-order valence-corrected chi connectivity index (χ4v) is 2.77. The topological polar surface area (TPSA) is 133 Å². The minimum atomic E-state index is -1.11. The van der Waals surface area contributed by atoms with Crippen molar-refractivity contribution in [3.63, 3.8) is 0 Å². The summed E-state index contributed by atoms with van der Waals surface area (Å²) in [6.07, 6.45) is 3.01. The van der Waals surface area contributed by atoms with E-state index < -0.39 is 23.6 Å². The maximum Gasteiger partial charge on any atom is 0.287 e. The number of amides is 2. The Bertz CT molecular complexity index is 1000. The van der Waals surface area contributed by atoms with Gasteiger partial charge in [0.1, 0.15) is 17.6 Å². The quantitative estimate of drug-likeness (QED) is 0.571. The number of hydrogen-bond donors (Lipinski definition) is 2. The van der Waals surface area contributed by atoms with E-state index in [0.717, 1.165) is 5.56 Å². The second kappa shape index (κ2) is 8.21. The van der Waals surface area contributed by atoms with Crippen molar-refractivity contribution in [3.05, 3.63) is 71.9 Å². The van der Waals surface area contributed by atoms with E-state index in [2.05, 4.69) is 20.5 Å². The number of imidazole rings is 1. The van der Waals surface area contributed by atoms with Crippen LogP contribution in [0.3, 0.4) is 0 Å². The van der Waals surface area contributed by atoms with Crippen LogP contribution in [0.25, 0.3) is 5.82 Å². The van der Waals surface area contributed by atoms with E-state index in [1.165, 1.54) is 17.0 Å². The monoisotopic (exact) mass is 378 g/mol. The molecule has 0 aliphatic rings. The Kier molecular flexibility index (Phi) is 5.54. The lowest BCUT2D eigenvalue weighted by atomic mass is 10.0. The van der Waals surface area contributed by atoms with Gasteiger partial charge < -0.3 is 11.1 Å². The molecule has 0 aliphatic heterocycles. The molecule has 0 spiro atoms. The van der Waals surface area contributed by atoms with E-state index in [9.17, 15) is 14.4 Å². The van der Waals surface area contributed by atoms with Crippen LogP contribution in [0.5, 0.6) is 0 Å². The van der Waals surface area contributed by atoms with Crippen LogP contribution < -0.4 is 11.1 Å². The van der Waals surface area contributed by atoms with Crippen LogP contribution in [-0.2, 0) is 16.0 Å². The third-order valence-electron chi connectivity index (χ3n) is 4.11. The maximum atomic E-state index is 12.9. The lowest BCUT2D eigenvalue weighted by Crippen LogP contribution is -2.47. The van der Waals surface area contributed by atoms with Gasteiger partial charge in [-0.25, -0.2) is 4.98 Å². The van der Waals surface area contributed by atoms with Crippen LogP contribution in [0.15, 0.2) is 54.9 Å². The van der Waals surface area contributed by atoms with Gasteiger partial charge in [0.25, 0.3) is 11.8 Å². The molecule has 0 fully saturated rings. The van der Waals surface area contributed by atoms with Crippen LogP contribution in [-0.4, -0.2) is 43.4 Å². The Morgan fingerprint density at radius 1 is 1.14 bits per heavy atom. The molecule has 2 amide bonds. The zero-order valence-corrected chi connectivity index (χ0v) is 15.1. The molecule has 0 radical (unpaired) electrons. The van der Waals surface area contributed by atoms with Crippen molar-refractivity contribution in [2.45, 2.75) is 19.4 Å². The number of aromatic nitrogens is 4. The number of nitrogens with zero attached hydrogens (tertiary/aromatic N) is 4. The number of carbonyl (C=O) groups excluding carboxylic acids is 3. The van der Waals surface area contributed by atoms with Crippen molar-refractivity contribution in [3.8, 4) is 5.82 Å². The summed E-state index contributed by atoms with van der Waals surface area (Å²) in [5, 5.41) is 10.4. The van der Waals surface area contributed by atoms with Gasteiger partial charge >= 0.3 is 0 Å². The van der Waals surface area contributed by atoms with Crippen molar-refractivity contribution < 1.29 is 14.4 Å². The molecule has 1 atom stereocenters.